The molecule has 0 bridgehead atoms. The number of carbonyl (C=O) groups excluding carboxylic acids is 2. The predicted octanol–water partition coefficient (Wildman–Crippen LogP) is 4.57. The van der Waals surface area contributed by atoms with Gasteiger partial charge in [0.05, 0.1) is 19.8 Å². The van der Waals surface area contributed by atoms with Crippen molar-refractivity contribution in [2.24, 2.45) is 5.41 Å². The number of Topliss-reactive ketones (excluding diaryl/α,β-unsaturated/α-hetero) is 1. The fourth-order valence-corrected chi connectivity index (χ4v) is 4.86. The van der Waals surface area contributed by atoms with E-state index in [1.54, 1.807) is 38.5 Å². The van der Waals surface area contributed by atoms with Crippen molar-refractivity contribution in [3.05, 3.63) is 64.9 Å². The van der Waals surface area contributed by atoms with Crippen LogP contribution in [-0.2, 0) is 9.59 Å². The minimum atomic E-state index is -1.07. The number of ketones is 1. The van der Waals surface area contributed by atoms with Crippen LogP contribution in [-0.4, -0.2) is 37.0 Å². The highest BCUT2D eigenvalue weighted by molar-refractivity contribution is 6.08. The molecule has 7 nitrogen and oxygen atoms in total. The summed E-state index contributed by atoms with van der Waals surface area (Å²) in [5, 5.41) is 9.43. The number of benzene rings is 2. The van der Waals surface area contributed by atoms with Gasteiger partial charge in [0, 0.05) is 47.3 Å². The van der Waals surface area contributed by atoms with E-state index in [1.807, 2.05) is 19.9 Å². The molecule has 33 heavy (non-hydrogen) atoms. The molecular formula is C26H27NO6. The van der Waals surface area contributed by atoms with Crippen molar-refractivity contribution in [3.63, 3.8) is 0 Å². The van der Waals surface area contributed by atoms with E-state index in [1.165, 1.54) is 17.0 Å². The molecule has 0 aromatic heterocycles. The molecule has 7 heteroatoms. The summed E-state index contributed by atoms with van der Waals surface area (Å²) < 4.78 is 10.9. The molecular weight excluding hydrogens is 422 g/mol. The molecule has 1 heterocycles. The molecule has 0 spiro atoms. The Kier molecular flexibility index (Phi) is 5.74. The fourth-order valence-electron chi connectivity index (χ4n) is 4.86. The molecule has 1 amide bonds. The van der Waals surface area contributed by atoms with Crippen LogP contribution in [0.4, 0.5) is 5.69 Å². The second-order valence-corrected chi connectivity index (χ2v) is 9.25. The summed E-state index contributed by atoms with van der Waals surface area (Å²) >= 11 is 0. The van der Waals surface area contributed by atoms with Crippen molar-refractivity contribution in [2.45, 2.75) is 39.0 Å². The highest BCUT2D eigenvalue weighted by Gasteiger charge is 2.45. The van der Waals surface area contributed by atoms with Crippen molar-refractivity contribution in [2.75, 3.05) is 19.1 Å². The predicted molar refractivity (Wildman–Crippen MR) is 123 cm³/mol. The summed E-state index contributed by atoms with van der Waals surface area (Å²) in [5.74, 6) is -0.541. The number of aromatic carboxylic acids is 1. The van der Waals surface area contributed by atoms with Crippen molar-refractivity contribution in [1.29, 1.82) is 0 Å². The SMILES string of the molecule is COc1ccc(C2CC(=O)N(c3cccc(C(=O)O)c3)C3=C2C(=O)CC(C)(C)C3)c(OC)c1. The lowest BCUT2D eigenvalue weighted by Crippen LogP contribution is -2.43. The van der Waals surface area contributed by atoms with Crippen LogP contribution in [0.15, 0.2) is 53.7 Å². The van der Waals surface area contributed by atoms with E-state index in [9.17, 15) is 19.5 Å². The maximum Gasteiger partial charge on any atom is 0.335 e. The van der Waals surface area contributed by atoms with Gasteiger partial charge in [0.15, 0.2) is 5.78 Å². The van der Waals surface area contributed by atoms with Crippen molar-refractivity contribution >= 4 is 23.3 Å². The average molecular weight is 450 g/mol. The van der Waals surface area contributed by atoms with Crippen molar-refractivity contribution in [3.8, 4) is 11.5 Å². The molecule has 0 saturated carbocycles. The standard InChI is InChI=1S/C26H27NO6/c1-26(2)13-20-24(21(28)14-26)19(18-9-8-17(32-3)11-22(18)33-4)12-23(29)27(20)16-7-5-6-15(10-16)25(30)31/h5-11,19H,12-14H2,1-4H3,(H,30,31). The third kappa shape index (κ3) is 4.11. The maximum absolute atomic E-state index is 13.5. The van der Waals surface area contributed by atoms with E-state index in [4.69, 9.17) is 9.47 Å². The van der Waals surface area contributed by atoms with Gasteiger partial charge in [0.25, 0.3) is 0 Å². The first-order chi connectivity index (χ1) is 15.6. The topological polar surface area (TPSA) is 93.1 Å². The number of ether oxygens (including phenoxy) is 2. The molecule has 1 aliphatic carbocycles. The van der Waals surface area contributed by atoms with Gasteiger partial charge >= 0.3 is 5.97 Å². The van der Waals surface area contributed by atoms with Crippen LogP contribution in [0.5, 0.6) is 11.5 Å². The minimum Gasteiger partial charge on any atom is -0.497 e. The number of rotatable bonds is 5. The Morgan fingerprint density at radius 2 is 1.82 bits per heavy atom. The number of amides is 1. The molecule has 1 unspecified atom stereocenters. The van der Waals surface area contributed by atoms with Crippen LogP contribution in [0, 0.1) is 5.41 Å². The largest absolute Gasteiger partial charge is 0.497 e. The summed E-state index contributed by atoms with van der Waals surface area (Å²) in [5.41, 5.74) is 2.20. The number of carboxylic acids is 1. The Balaban J connectivity index is 1.91. The van der Waals surface area contributed by atoms with Crippen LogP contribution in [0.2, 0.25) is 0 Å². The lowest BCUT2D eigenvalue weighted by Gasteiger charge is -2.43. The van der Waals surface area contributed by atoms with Crippen molar-refractivity contribution in [1.82, 2.24) is 0 Å². The second-order valence-electron chi connectivity index (χ2n) is 9.25. The van der Waals surface area contributed by atoms with Gasteiger partial charge in [-0.1, -0.05) is 26.0 Å². The molecule has 0 saturated heterocycles. The van der Waals surface area contributed by atoms with Gasteiger partial charge < -0.3 is 14.6 Å². The minimum absolute atomic E-state index is 0.00369. The zero-order chi connectivity index (χ0) is 23.9. The number of anilines is 1. The summed E-state index contributed by atoms with van der Waals surface area (Å²) in [6.45, 7) is 4.01. The van der Waals surface area contributed by atoms with Gasteiger partial charge in [0.2, 0.25) is 5.91 Å². The Morgan fingerprint density at radius 3 is 2.48 bits per heavy atom. The Hall–Kier alpha value is -3.61. The van der Waals surface area contributed by atoms with Gasteiger partial charge in [-0.3, -0.25) is 14.5 Å². The number of hydrogen-bond donors (Lipinski definition) is 1. The zero-order valence-corrected chi connectivity index (χ0v) is 19.2. The first-order valence-corrected chi connectivity index (χ1v) is 10.8. The number of carboxylic acid groups (broad SMARTS) is 1. The molecule has 1 atom stereocenters. The Morgan fingerprint density at radius 1 is 1.06 bits per heavy atom. The molecule has 1 aliphatic heterocycles. The monoisotopic (exact) mass is 449 g/mol. The van der Waals surface area contributed by atoms with Gasteiger partial charge in [-0.25, -0.2) is 4.79 Å². The second kappa shape index (κ2) is 8.39. The summed E-state index contributed by atoms with van der Waals surface area (Å²) in [6, 6.07) is 11.7. The maximum atomic E-state index is 13.5. The molecule has 2 aliphatic rings. The molecule has 2 aromatic carbocycles. The quantitative estimate of drug-likeness (QED) is 0.719. The average Bonchev–Trinajstić information content (AvgIpc) is 2.77. The number of carbonyl (C=O) groups is 3. The first-order valence-electron chi connectivity index (χ1n) is 10.8. The van der Waals surface area contributed by atoms with Crippen LogP contribution in [0.1, 0.15) is 54.9 Å². The van der Waals surface area contributed by atoms with E-state index >= 15 is 0 Å². The van der Waals surface area contributed by atoms with E-state index in [-0.39, 0.29) is 29.1 Å². The summed E-state index contributed by atoms with van der Waals surface area (Å²) in [4.78, 5) is 40.0. The van der Waals surface area contributed by atoms with Crippen LogP contribution >= 0.6 is 0 Å². The third-order valence-electron chi connectivity index (χ3n) is 6.31. The molecule has 0 radical (unpaired) electrons. The number of hydrogen-bond acceptors (Lipinski definition) is 5. The lowest BCUT2D eigenvalue weighted by molar-refractivity contribution is -0.121. The highest BCUT2D eigenvalue weighted by Crippen LogP contribution is 2.49. The smallest absolute Gasteiger partial charge is 0.335 e. The number of methoxy groups -OCH3 is 2. The third-order valence-corrected chi connectivity index (χ3v) is 6.31. The molecule has 0 fully saturated rings. The molecule has 172 valence electrons. The van der Waals surface area contributed by atoms with Crippen molar-refractivity contribution < 1.29 is 29.0 Å². The van der Waals surface area contributed by atoms with Crippen LogP contribution < -0.4 is 14.4 Å². The summed E-state index contributed by atoms with van der Waals surface area (Å²) in [7, 11) is 3.11. The van der Waals surface area contributed by atoms with E-state index in [0.717, 1.165) is 5.56 Å². The zero-order valence-electron chi connectivity index (χ0n) is 19.2. The van der Waals surface area contributed by atoms with Crippen LogP contribution in [0.25, 0.3) is 0 Å². The Bertz CT molecular complexity index is 1180. The lowest BCUT2D eigenvalue weighted by atomic mass is 9.69. The first kappa shape index (κ1) is 22.6. The van der Waals surface area contributed by atoms with Gasteiger partial charge in [-0.15, -0.1) is 0 Å². The van der Waals surface area contributed by atoms with E-state index < -0.39 is 11.9 Å². The van der Waals surface area contributed by atoms with Crippen LogP contribution in [0.3, 0.4) is 0 Å². The highest BCUT2D eigenvalue weighted by atomic mass is 16.5. The van der Waals surface area contributed by atoms with Gasteiger partial charge in [-0.05, 0) is 36.1 Å². The molecule has 4 rings (SSSR count). The number of nitrogens with zero attached hydrogens (tertiary/aromatic N) is 1. The fraction of sp³-hybridized carbons (Fsp3) is 0.346. The normalized spacial score (nSPS) is 19.9. The van der Waals surface area contributed by atoms with Gasteiger partial charge in [-0.2, -0.15) is 0 Å². The molecule has 2 aromatic rings. The summed E-state index contributed by atoms with van der Waals surface area (Å²) in [6.07, 6.45) is 0.967. The molecule has 1 N–H and O–H groups in total. The Labute approximate surface area is 192 Å². The number of allylic oxidation sites excluding steroid dienone is 2. The van der Waals surface area contributed by atoms with E-state index in [0.29, 0.717) is 41.3 Å². The van der Waals surface area contributed by atoms with E-state index in [2.05, 4.69) is 0 Å². The van der Waals surface area contributed by atoms with Gasteiger partial charge in [0.1, 0.15) is 11.5 Å².